The molecule has 240 valence electrons. The molecular weight excluding hydrogens is 586 g/mol. The summed E-state index contributed by atoms with van der Waals surface area (Å²) in [5.74, 6) is -2.35. The fraction of sp³-hybridized carbons (Fsp3) is 0.472. The van der Waals surface area contributed by atoms with E-state index in [4.69, 9.17) is 4.74 Å². The zero-order chi connectivity index (χ0) is 32.3. The number of anilines is 2. The third-order valence-corrected chi connectivity index (χ3v) is 11.9. The minimum atomic E-state index is -0.911. The van der Waals surface area contributed by atoms with Crippen molar-refractivity contribution < 1.29 is 24.2 Å². The molecule has 2 aromatic carbocycles. The number of amides is 2. The maximum Gasteiger partial charge on any atom is 0.310 e. The molecule has 3 fully saturated rings. The number of hydrogen-bond donors (Lipinski definition) is 1. The molecule has 9 heteroatoms. The molecule has 3 aliphatic heterocycles. The molecule has 2 bridgehead atoms. The van der Waals surface area contributed by atoms with E-state index in [2.05, 4.69) is 38.8 Å². The van der Waals surface area contributed by atoms with E-state index in [9.17, 15) is 14.7 Å². The lowest BCUT2D eigenvalue weighted by atomic mass is 9.66. The molecule has 0 aromatic heterocycles. The van der Waals surface area contributed by atoms with Gasteiger partial charge in [-0.3, -0.25) is 14.4 Å². The number of thioether (sulfide) groups is 1. The fourth-order valence-corrected chi connectivity index (χ4v) is 10.1. The zero-order valence-electron chi connectivity index (χ0n) is 26.5. The van der Waals surface area contributed by atoms with Gasteiger partial charge in [0.05, 0.1) is 35.8 Å². The molecule has 0 saturated carbocycles. The van der Waals surface area contributed by atoms with Crippen molar-refractivity contribution >= 4 is 40.9 Å². The van der Waals surface area contributed by atoms with Crippen molar-refractivity contribution in [2.45, 2.75) is 55.7 Å². The van der Waals surface area contributed by atoms with Crippen LogP contribution in [0.1, 0.15) is 45.2 Å². The molecule has 3 aliphatic rings. The molecule has 45 heavy (non-hydrogen) atoms. The van der Waals surface area contributed by atoms with Crippen LogP contribution in [0.15, 0.2) is 79.9 Å². The minimum Gasteiger partial charge on any atom is -0.465 e. The molecule has 8 nitrogen and oxygen atoms in total. The minimum absolute atomic E-state index is 0.0247. The Morgan fingerprint density at radius 1 is 1.09 bits per heavy atom. The third-order valence-electron chi connectivity index (χ3n) is 9.82. The smallest absolute Gasteiger partial charge is 0.310 e. The summed E-state index contributed by atoms with van der Waals surface area (Å²) in [6.45, 7) is 15.8. The van der Waals surface area contributed by atoms with Crippen molar-refractivity contribution in [2.24, 2.45) is 17.8 Å². The van der Waals surface area contributed by atoms with Crippen molar-refractivity contribution in [3.05, 3.63) is 85.5 Å². The van der Waals surface area contributed by atoms with Crippen LogP contribution in [-0.2, 0) is 19.1 Å². The van der Waals surface area contributed by atoms with Gasteiger partial charge in [0.25, 0.3) is 5.91 Å². The van der Waals surface area contributed by atoms with E-state index in [1.54, 1.807) is 33.7 Å². The number of carbonyl (C=O) groups excluding carboxylic acids is 3. The average Bonchev–Trinajstić information content (AvgIpc) is 3.65. The Morgan fingerprint density at radius 3 is 2.36 bits per heavy atom. The van der Waals surface area contributed by atoms with Gasteiger partial charge in [-0.1, -0.05) is 49.4 Å². The first-order valence-corrected chi connectivity index (χ1v) is 16.9. The third kappa shape index (κ3) is 5.58. The Kier molecular flexibility index (Phi) is 10.1. The second-order valence-electron chi connectivity index (χ2n) is 12.1. The van der Waals surface area contributed by atoms with Gasteiger partial charge in [0.1, 0.15) is 6.04 Å². The molecule has 1 spiro atoms. The lowest BCUT2D eigenvalue weighted by Gasteiger charge is -2.42. The highest BCUT2D eigenvalue weighted by atomic mass is 32.2. The van der Waals surface area contributed by atoms with Crippen LogP contribution in [0.5, 0.6) is 0 Å². The maximum atomic E-state index is 15.1. The van der Waals surface area contributed by atoms with Gasteiger partial charge in [-0.15, -0.1) is 24.9 Å². The number of carbonyl (C=O) groups is 3. The van der Waals surface area contributed by atoms with Gasteiger partial charge in [-0.2, -0.15) is 0 Å². The van der Waals surface area contributed by atoms with Crippen molar-refractivity contribution in [3.8, 4) is 0 Å². The molecule has 7 atom stereocenters. The van der Waals surface area contributed by atoms with E-state index in [-0.39, 0.29) is 42.7 Å². The van der Waals surface area contributed by atoms with E-state index in [0.29, 0.717) is 18.5 Å². The van der Waals surface area contributed by atoms with E-state index in [1.165, 1.54) is 0 Å². The van der Waals surface area contributed by atoms with Crippen LogP contribution in [0.4, 0.5) is 11.4 Å². The van der Waals surface area contributed by atoms with Crippen LogP contribution in [0.25, 0.3) is 0 Å². The summed E-state index contributed by atoms with van der Waals surface area (Å²) >= 11 is 1.60. The SMILES string of the molecule is C=CCCOC(=O)[C@@H]1[C@H]2C(=O)N([C@H](CO)c3ccccc3)C(C(=O)N(CC=C)c3ccc(N(CC)CC)cc3)C23S[C@@H]1CC3C. The predicted molar refractivity (Wildman–Crippen MR) is 180 cm³/mol. The summed E-state index contributed by atoms with van der Waals surface area (Å²) < 4.78 is 4.80. The summed E-state index contributed by atoms with van der Waals surface area (Å²) in [6, 6.07) is 15.6. The van der Waals surface area contributed by atoms with Crippen LogP contribution in [0, 0.1) is 17.8 Å². The van der Waals surface area contributed by atoms with E-state index >= 15 is 4.79 Å². The summed E-state index contributed by atoms with van der Waals surface area (Å²) in [4.78, 5) is 48.9. The summed E-state index contributed by atoms with van der Waals surface area (Å²) in [6.07, 6.45) is 4.60. The number of fused-ring (bicyclic) bond motifs is 1. The van der Waals surface area contributed by atoms with Gasteiger partial charge in [-0.25, -0.2) is 0 Å². The Morgan fingerprint density at radius 2 is 1.76 bits per heavy atom. The highest BCUT2D eigenvalue weighted by molar-refractivity contribution is 8.02. The standard InChI is InChI=1S/C36H45N3O5S/c1-6-10-21-44-35(43)30-29-22-24(5)36(45-29)31(30)33(41)39(28(23-40)25-14-12-11-13-15-25)32(36)34(42)38(20-7-2)27-18-16-26(17-19-27)37(8-3)9-4/h6-7,11-19,24,28-32,40H,1-2,8-10,20-23H2,3-5H3/t24?,28-,29-,30+,31+,32?,36?/m1/s1. The molecule has 3 heterocycles. The number of aliphatic hydroxyl groups is 1. The van der Waals surface area contributed by atoms with Crippen LogP contribution in [0.3, 0.4) is 0 Å². The first-order valence-electron chi connectivity index (χ1n) is 16.0. The molecule has 0 radical (unpaired) electrons. The van der Waals surface area contributed by atoms with E-state index in [1.807, 2.05) is 54.6 Å². The van der Waals surface area contributed by atoms with Gasteiger partial charge < -0.3 is 24.5 Å². The van der Waals surface area contributed by atoms with Gasteiger partial charge in [0.2, 0.25) is 5.91 Å². The van der Waals surface area contributed by atoms with Gasteiger partial charge in [-0.05, 0) is 62.4 Å². The monoisotopic (exact) mass is 631 g/mol. The Balaban J connectivity index is 1.61. The molecule has 1 N–H and O–H groups in total. The number of nitrogens with zero attached hydrogens (tertiary/aromatic N) is 3. The number of hydrogen-bond acceptors (Lipinski definition) is 7. The van der Waals surface area contributed by atoms with Gasteiger partial charge in [0, 0.05) is 36.3 Å². The highest BCUT2D eigenvalue weighted by Gasteiger charge is 2.77. The van der Waals surface area contributed by atoms with E-state index < -0.39 is 34.6 Å². The number of likely N-dealkylation sites (tertiary alicyclic amines) is 1. The van der Waals surface area contributed by atoms with E-state index in [0.717, 1.165) is 24.3 Å². The Bertz CT molecular complexity index is 1400. The molecule has 0 aliphatic carbocycles. The number of esters is 1. The number of aliphatic hydroxyl groups excluding tert-OH is 1. The van der Waals surface area contributed by atoms with Gasteiger partial charge >= 0.3 is 5.97 Å². The average molecular weight is 632 g/mol. The summed E-state index contributed by atoms with van der Waals surface area (Å²) in [5, 5.41) is 10.7. The first kappa shape index (κ1) is 32.8. The molecule has 2 aromatic rings. The fourth-order valence-electron chi connectivity index (χ4n) is 7.74. The number of benzene rings is 2. The zero-order valence-corrected chi connectivity index (χ0v) is 27.3. The first-order chi connectivity index (χ1) is 21.8. The Hall–Kier alpha value is -3.56. The molecule has 2 amide bonds. The Labute approximate surface area is 271 Å². The predicted octanol–water partition coefficient (Wildman–Crippen LogP) is 5.24. The lowest BCUT2D eigenvalue weighted by molar-refractivity contribution is -0.154. The van der Waals surface area contributed by atoms with Crippen LogP contribution < -0.4 is 9.80 Å². The van der Waals surface area contributed by atoms with Gasteiger partial charge in [0.15, 0.2) is 0 Å². The molecular formula is C36H45N3O5S. The largest absolute Gasteiger partial charge is 0.465 e. The highest BCUT2D eigenvalue weighted by Crippen LogP contribution is 2.69. The van der Waals surface area contributed by atoms with Crippen molar-refractivity contribution in [1.29, 1.82) is 0 Å². The molecule has 3 unspecified atom stereocenters. The second-order valence-corrected chi connectivity index (χ2v) is 13.6. The number of ether oxygens (including phenoxy) is 1. The molecule has 3 saturated heterocycles. The van der Waals surface area contributed by atoms with Crippen LogP contribution in [-0.4, -0.2) is 76.7 Å². The van der Waals surface area contributed by atoms with Crippen molar-refractivity contribution in [1.82, 2.24) is 4.90 Å². The number of rotatable bonds is 14. The lowest BCUT2D eigenvalue weighted by Crippen LogP contribution is -2.58. The second kappa shape index (κ2) is 13.8. The van der Waals surface area contributed by atoms with Crippen molar-refractivity contribution in [2.75, 3.05) is 42.6 Å². The normalized spacial score (nSPS) is 27.2. The summed E-state index contributed by atoms with van der Waals surface area (Å²) in [5.41, 5.74) is 2.50. The summed E-state index contributed by atoms with van der Waals surface area (Å²) in [7, 11) is 0. The van der Waals surface area contributed by atoms with Crippen molar-refractivity contribution in [3.63, 3.8) is 0 Å². The van der Waals surface area contributed by atoms with Crippen LogP contribution >= 0.6 is 11.8 Å². The maximum absolute atomic E-state index is 15.1. The quantitative estimate of drug-likeness (QED) is 0.173. The van der Waals surface area contributed by atoms with Crippen LogP contribution in [0.2, 0.25) is 0 Å². The topological polar surface area (TPSA) is 90.4 Å². The molecule has 5 rings (SSSR count).